The van der Waals surface area contributed by atoms with Gasteiger partial charge in [0.2, 0.25) is 5.67 Å². The molecule has 4 atom stereocenters. The number of rotatable bonds is 3. The maximum absolute atomic E-state index is 15.8. The van der Waals surface area contributed by atoms with Crippen LogP contribution in [0.25, 0.3) is 0 Å². The summed E-state index contributed by atoms with van der Waals surface area (Å²) in [5.74, 6) is -0.606. The Balaban J connectivity index is 1.73. The minimum Gasteiger partial charge on any atom is -0.497 e. The molecule has 0 aliphatic carbocycles. The maximum atomic E-state index is 15.8. The van der Waals surface area contributed by atoms with Crippen molar-refractivity contribution >= 4 is 11.6 Å². The van der Waals surface area contributed by atoms with Crippen LogP contribution in [0.3, 0.4) is 0 Å². The molecule has 2 bridgehead atoms. The zero-order chi connectivity index (χ0) is 17.8. The molecule has 3 aliphatic heterocycles. The number of nitrogens with one attached hydrogen (secondary N) is 1. The Morgan fingerprint density at radius 1 is 1.32 bits per heavy atom. The first-order chi connectivity index (χ1) is 11.8. The number of carbonyl (C=O) groups excluding carboxylic acids is 1. The lowest BCUT2D eigenvalue weighted by molar-refractivity contribution is -0.150. The van der Waals surface area contributed by atoms with Gasteiger partial charge in [-0.25, -0.2) is 4.39 Å². The van der Waals surface area contributed by atoms with Crippen molar-refractivity contribution in [2.45, 2.75) is 49.9 Å². The van der Waals surface area contributed by atoms with E-state index in [1.807, 2.05) is 29.2 Å². The summed E-state index contributed by atoms with van der Waals surface area (Å²) in [5, 5.41) is 2.70. The van der Waals surface area contributed by atoms with Crippen LogP contribution in [0, 0.1) is 0 Å². The molecule has 0 radical (unpaired) electrons. The second-order valence-corrected chi connectivity index (χ2v) is 7.35. The number of fused-ring (bicyclic) bond motifs is 2. The number of hydrogen-bond donors (Lipinski definition) is 1. The number of piperidine rings is 1. The third-order valence-corrected chi connectivity index (χ3v) is 5.32. The van der Waals surface area contributed by atoms with Gasteiger partial charge in [0.25, 0.3) is 5.91 Å². The van der Waals surface area contributed by atoms with E-state index in [9.17, 15) is 4.79 Å². The minimum atomic E-state index is -1.99. The van der Waals surface area contributed by atoms with Crippen molar-refractivity contribution in [2.24, 2.45) is 0 Å². The molecular formula is C18H23FN2O4. The second-order valence-electron chi connectivity index (χ2n) is 7.35. The van der Waals surface area contributed by atoms with Crippen LogP contribution in [0.4, 0.5) is 10.1 Å². The molecule has 1 aromatic carbocycles. The predicted molar refractivity (Wildman–Crippen MR) is 89.4 cm³/mol. The molecule has 136 valence electrons. The normalized spacial score (nSPS) is 36.4. The number of amides is 1. The van der Waals surface area contributed by atoms with Gasteiger partial charge in [0.15, 0.2) is 5.79 Å². The molecule has 7 heteroatoms. The van der Waals surface area contributed by atoms with Gasteiger partial charge in [0.05, 0.1) is 19.8 Å². The summed E-state index contributed by atoms with van der Waals surface area (Å²) in [6.07, 6.45) is -0.355. The van der Waals surface area contributed by atoms with E-state index in [-0.39, 0.29) is 19.1 Å². The highest BCUT2D eigenvalue weighted by atomic mass is 19.1. The van der Waals surface area contributed by atoms with E-state index in [0.29, 0.717) is 6.54 Å². The van der Waals surface area contributed by atoms with Crippen molar-refractivity contribution in [2.75, 3.05) is 25.2 Å². The van der Waals surface area contributed by atoms with Crippen LogP contribution in [0.2, 0.25) is 0 Å². The van der Waals surface area contributed by atoms with Crippen LogP contribution in [0.5, 0.6) is 5.75 Å². The molecule has 4 rings (SSSR count). The highest BCUT2D eigenvalue weighted by Gasteiger charge is 2.64. The van der Waals surface area contributed by atoms with Gasteiger partial charge in [0, 0.05) is 18.7 Å². The molecule has 1 amide bonds. The number of hydrogen-bond acceptors (Lipinski definition) is 5. The standard InChI is InChI=1S/C18H23FN2O4/c1-17(2)24-10-14(25-17)15-18(19)8-12(9-20-16(18)22)21(15)11-4-6-13(23-3)7-5-11/h4-7,12,14-15H,8-10H2,1-3H3,(H,20,22)/t12-,14-,15+,18+/m1/s1. The van der Waals surface area contributed by atoms with Crippen LogP contribution in [0.1, 0.15) is 20.3 Å². The summed E-state index contributed by atoms with van der Waals surface area (Å²) >= 11 is 0. The number of nitrogens with zero attached hydrogens (tertiary/aromatic N) is 1. The zero-order valence-electron chi connectivity index (χ0n) is 14.6. The molecule has 3 aliphatic rings. The molecule has 3 saturated heterocycles. The SMILES string of the molecule is COc1ccc(N2[C@H]3CNC(=O)[C@](F)(C3)[C@@H]2[C@H]2COC(C)(C)O2)cc1. The lowest BCUT2D eigenvalue weighted by Gasteiger charge is -2.35. The number of ether oxygens (including phenoxy) is 3. The van der Waals surface area contributed by atoms with Crippen molar-refractivity contribution in [1.82, 2.24) is 5.32 Å². The van der Waals surface area contributed by atoms with Gasteiger partial charge in [-0.1, -0.05) is 0 Å². The fraction of sp³-hybridized carbons (Fsp3) is 0.611. The van der Waals surface area contributed by atoms with Crippen molar-refractivity contribution < 1.29 is 23.4 Å². The van der Waals surface area contributed by atoms with E-state index in [2.05, 4.69) is 5.32 Å². The van der Waals surface area contributed by atoms with Crippen LogP contribution in [-0.4, -0.2) is 55.8 Å². The second kappa shape index (κ2) is 5.57. The maximum Gasteiger partial charge on any atom is 0.260 e. The van der Waals surface area contributed by atoms with Crippen LogP contribution < -0.4 is 15.0 Å². The number of alkyl halides is 1. The third kappa shape index (κ3) is 2.57. The van der Waals surface area contributed by atoms with Crippen LogP contribution in [-0.2, 0) is 14.3 Å². The molecule has 0 saturated carbocycles. The van der Waals surface area contributed by atoms with Crippen LogP contribution in [0.15, 0.2) is 24.3 Å². The topological polar surface area (TPSA) is 60.0 Å². The molecule has 3 heterocycles. The summed E-state index contributed by atoms with van der Waals surface area (Å²) in [7, 11) is 1.60. The molecule has 6 nitrogen and oxygen atoms in total. The minimum absolute atomic E-state index is 0.117. The Hall–Kier alpha value is -1.86. The van der Waals surface area contributed by atoms with E-state index in [0.717, 1.165) is 11.4 Å². The molecule has 1 aromatic rings. The summed E-state index contributed by atoms with van der Waals surface area (Å²) in [6.45, 7) is 4.29. The summed E-state index contributed by atoms with van der Waals surface area (Å²) in [5.41, 5.74) is -1.14. The molecule has 0 unspecified atom stereocenters. The van der Waals surface area contributed by atoms with Gasteiger partial charge in [-0.3, -0.25) is 4.79 Å². The predicted octanol–water partition coefficient (Wildman–Crippen LogP) is 1.63. The molecule has 3 fully saturated rings. The molecule has 0 spiro atoms. The van der Waals surface area contributed by atoms with Crippen molar-refractivity contribution in [3.63, 3.8) is 0 Å². The fourth-order valence-electron chi connectivity index (χ4n) is 4.24. The van der Waals surface area contributed by atoms with Gasteiger partial charge in [-0.05, 0) is 38.1 Å². The average molecular weight is 350 g/mol. The summed E-state index contributed by atoms with van der Waals surface area (Å²) in [4.78, 5) is 14.3. The van der Waals surface area contributed by atoms with E-state index < -0.39 is 29.5 Å². The summed E-state index contributed by atoms with van der Waals surface area (Å²) < 4.78 is 32.6. The molecular weight excluding hydrogens is 327 g/mol. The first kappa shape index (κ1) is 16.6. The largest absolute Gasteiger partial charge is 0.497 e. The van der Waals surface area contributed by atoms with E-state index in [4.69, 9.17) is 14.2 Å². The molecule has 25 heavy (non-hydrogen) atoms. The Labute approximate surface area is 146 Å². The van der Waals surface area contributed by atoms with Crippen molar-refractivity contribution in [3.8, 4) is 5.75 Å². The lowest BCUT2D eigenvalue weighted by atomic mass is 9.88. The molecule has 1 N–H and O–H groups in total. The number of benzene rings is 1. The Morgan fingerprint density at radius 2 is 2.04 bits per heavy atom. The third-order valence-electron chi connectivity index (χ3n) is 5.32. The number of anilines is 1. The van der Waals surface area contributed by atoms with E-state index in [1.54, 1.807) is 21.0 Å². The van der Waals surface area contributed by atoms with Crippen molar-refractivity contribution in [1.29, 1.82) is 0 Å². The van der Waals surface area contributed by atoms with Crippen LogP contribution >= 0.6 is 0 Å². The highest BCUT2D eigenvalue weighted by Crippen LogP contribution is 2.46. The van der Waals surface area contributed by atoms with Crippen molar-refractivity contribution in [3.05, 3.63) is 24.3 Å². The zero-order valence-corrected chi connectivity index (χ0v) is 14.6. The Bertz CT molecular complexity index is 680. The molecule has 0 aromatic heterocycles. The van der Waals surface area contributed by atoms with Gasteiger partial charge >= 0.3 is 0 Å². The fourth-order valence-corrected chi connectivity index (χ4v) is 4.24. The number of halogens is 1. The van der Waals surface area contributed by atoms with Gasteiger partial charge in [-0.15, -0.1) is 0 Å². The first-order valence-electron chi connectivity index (χ1n) is 8.55. The van der Waals surface area contributed by atoms with Gasteiger partial charge < -0.3 is 24.4 Å². The monoisotopic (exact) mass is 350 g/mol. The lowest BCUT2D eigenvalue weighted by Crippen LogP contribution is -2.57. The highest BCUT2D eigenvalue weighted by molar-refractivity contribution is 5.89. The average Bonchev–Trinajstić information content (AvgIpc) is 3.06. The number of methoxy groups -OCH3 is 1. The number of carbonyl (C=O) groups is 1. The Morgan fingerprint density at radius 3 is 2.64 bits per heavy atom. The quantitative estimate of drug-likeness (QED) is 0.898. The van der Waals surface area contributed by atoms with E-state index >= 15 is 4.39 Å². The summed E-state index contributed by atoms with van der Waals surface area (Å²) in [6, 6.07) is 6.61. The smallest absolute Gasteiger partial charge is 0.260 e. The van der Waals surface area contributed by atoms with E-state index in [1.165, 1.54) is 0 Å². The first-order valence-corrected chi connectivity index (χ1v) is 8.55. The van der Waals surface area contributed by atoms with Gasteiger partial charge in [0.1, 0.15) is 17.9 Å². The Kier molecular flexibility index (Phi) is 3.70. The van der Waals surface area contributed by atoms with Gasteiger partial charge in [-0.2, -0.15) is 0 Å².